The van der Waals surface area contributed by atoms with Crippen LogP contribution in [-0.2, 0) is 27.4 Å². The molecule has 0 fully saturated rings. The molecule has 4 bridgehead atoms. The van der Waals surface area contributed by atoms with E-state index in [0.717, 1.165) is 31.4 Å². The first kappa shape index (κ1) is 27.4. The lowest BCUT2D eigenvalue weighted by atomic mass is 9.96. The molecule has 4 rings (SSSR count). The van der Waals surface area contributed by atoms with E-state index in [-0.39, 0.29) is 29.5 Å². The Hall–Kier alpha value is -3.67. The molecule has 0 saturated carbocycles. The highest BCUT2D eigenvalue weighted by molar-refractivity contribution is 7.92. The molecule has 0 unspecified atom stereocenters. The number of halogens is 3. The van der Waals surface area contributed by atoms with Crippen molar-refractivity contribution in [3.05, 3.63) is 65.7 Å². The van der Waals surface area contributed by atoms with Crippen molar-refractivity contribution in [3.8, 4) is 11.3 Å². The highest BCUT2D eigenvalue weighted by atomic mass is 32.2. The number of carboxylic acid groups (broad SMARTS) is 1. The number of fused-ring (bicyclic) bond motifs is 6. The Morgan fingerprint density at radius 1 is 0.974 bits per heavy atom. The predicted molar refractivity (Wildman–Crippen MR) is 136 cm³/mol. The lowest BCUT2D eigenvalue weighted by Gasteiger charge is -2.23. The van der Waals surface area contributed by atoms with Gasteiger partial charge in [-0.25, -0.2) is 9.97 Å². The number of anilines is 2. The first-order valence-electron chi connectivity index (χ1n) is 12.2. The molecular weight excluding hydrogens is 521 g/mol. The minimum Gasteiger partial charge on any atom is -0.481 e. The van der Waals surface area contributed by atoms with Gasteiger partial charge in [0, 0.05) is 18.7 Å². The maximum atomic E-state index is 13.9. The number of pyridine rings is 2. The quantitative estimate of drug-likeness (QED) is 0.453. The summed E-state index contributed by atoms with van der Waals surface area (Å²) in [4.78, 5) is 21.3. The zero-order valence-corrected chi connectivity index (χ0v) is 21.2. The van der Waals surface area contributed by atoms with E-state index in [2.05, 4.69) is 14.7 Å². The van der Waals surface area contributed by atoms with Crippen LogP contribution in [-0.4, -0.2) is 42.6 Å². The Kier molecular flexibility index (Phi) is 8.20. The van der Waals surface area contributed by atoms with Crippen LogP contribution in [0.4, 0.5) is 24.8 Å². The molecule has 1 aliphatic rings. The van der Waals surface area contributed by atoms with Gasteiger partial charge in [0.25, 0.3) is 10.0 Å². The number of aryl methyl sites for hydroxylation is 1. The summed E-state index contributed by atoms with van der Waals surface area (Å²) in [6, 6.07) is 12.8. The van der Waals surface area contributed by atoms with Crippen molar-refractivity contribution in [2.75, 3.05) is 22.7 Å². The number of hydrogen-bond acceptors (Lipinski definition) is 6. The zero-order valence-electron chi connectivity index (χ0n) is 20.4. The summed E-state index contributed by atoms with van der Waals surface area (Å²) in [6.45, 7) is 0.627. The van der Waals surface area contributed by atoms with Crippen molar-refractivity contribution in [3.63, 3.8) is 0 Å². The van der Waals surface area contributed by atoms with Crippen LogP contribution in [0.1, 0.15) is 43.2 Å². The van der Waals surface area contributed by atoms with E-state index in [0.29, 0.717) is 36.3 Å². The number of alkyl halides is 3. The second-order valence-electron chi connectivity index (χ2n) is 8.98. The molecule has 1 aliphatic heterocycles. The maximum Gasteiger partial charge on any atom is 0.418 e. The summed E-state index contributed by atoms with van der Waals surface area (Å²) < 4.78 is 70.4. The number of carboxylic acids is 1. The third-order valence-electron chi connectivity index (χ3n) is 6.24. The molecular formula is C26H27F3N4O4S. The summed E-state index contributed by atoms with van der Waals surface area (Å²) in [6.07, 6.45) is -1.27. The number of rotatable bonds is 3. The molecule has 0 spiro atoms. The molecule has 3 aromatic rings. The zero-order chi connectivity index (χ0) is 27.3. The summed E-state index contributed by atoms with van der Waals surface area (Å²) in [5.74, 6) is -0.962. The van der Waals surface area contributed by atoms with Crippen molar-refractivity contribution in [1.82, 2.24) is 9.97 Å². The van der Waals surface area contributed by atoms with Crippen LogP contribution in [0, 0.1) is 0 Å². The standard InChI is InChI=1S/C26H27F3N4O4S/c27-26(28,29)20-13-14-21-30-25(20)19-10-5-4-9-18(19)8-3-1-2-6-16-33(17-15-24(34)35)22-11-7-12-23(31-22)38(36,37)32-21/h4-5,7,9-14H,1-3,6,8,15-17H2,(H,30,32)(H,34,35). The fourth-order valence-electron chi connectivity index (χ4n) is 4.38. The molecule has 12 heteroatoms. The second kappa shape index (κ2) is 11.4. The number of aromatic nitrogens is 2. The van der Waals surface area contributed by atoms with E-state index in [4.69, 9.17) is 5.11 Å². The van der Waals surface area contributed by atoms with Gasteiger partial charge in [-0.2, -0.15) is 21.6 Å². The molecule has 8 nitrogen and oxygen atoms in total. The van der Waals surface area contributed by atoms with Crippen molar-refractivity contribution < 1.29 is 31.5 Å². The summed E-state index contributed by atoms with van der Waals surface area (Å²) >= 11 is 0. The monoisotopic (exact) mass is 548 g/mol. The van der Waals surface area contributed by atoms with Crippen molar-refractivity contribution in [2.45, 2.75) is 49.7 Å². The number of hydrogen-bond donors (Lipinski definition) is 2. The van der Waals surface area contributed by atoms with Crippen LogP contribution in [0.3, 0.4) is 0 Å². The van der Waals surface area contributed by atoms with Gasteiger partial charge < -0.3 is 10.0 Å². The van der Waals surface area contributed by atoms with Gasteiger partial charge in [0.15, 0.2) is 5.03 Å². The molecule has 3 heterocycles. The maximum absolute atomic E-state index is 13.9. The second-order valence-corrected chi connectivity index (χ2v) is 10.6. The van der Waals surface area contributed by atoms with E-state index >= 15 is 0 Å². The fraction of sp³-hybridized carbons (Fsp3) is 0.346. The SMILES string of the molecule is O=C(O)CCN1CCCCCCc2ccccc2-c2nc(ccc2C(F)(F)F)NS(=O)(=O)c2cccc1n2. The molecule has 2 aromatic heterocycles. The van der Waals surface area contributed by atoms with Gasteiger partial charge >= 0.3 is 12.1 Å². The number of sulfonamides is 1. The third-order valence-corrected chi connectivity index (χ3v) is 7.50. The summed E-state index contributed by atoms with van der Waals surface area (Å²) in [7, 11) is -4.32. The molecule has 202 valence electrons. The molecule has 2 N–H and O–H groups in total. The summed E-state index contributed by atoms with van der Waals surface area (Å²) in [5.41, 5.74) is -0.324. The average Bonchev–Trinajstić information content (AvgIpc) is 2.86. The van der Waals surface area contributed by atoms with E-state index in [1.165, 1.54) is 12.1 Å². The predicted octanol–water partition coefficient (Wildman–Crippen LogP) is 5.36. The van der Waals surface area contributed by atoms with E-state index in [1.54, 1.807) is 35.2 Å². The smallest absolute Gasteiger partial charge is 0.418 e. The van der Waals surface area contributed by atoms with Crippen molar-refractivity contribution in [2.24, 2.45) is 0 Å². The molecule has 1 aromatic carbocycles. The highest BCUT2D eigenvalue weighted by Crippen LogP contribution is 2.38. The Morgan fingerprint density at radius 3 is 2.50 bits per heavy atom. The lowest BCUT2D eigenvalue weighted by Crippen LogP contribution is -2.29. The van der Waals surface area contributed by atoms with E-state index in [1.807, 2.05) is 0 Å². The number of carbonyl (C=O) groups is 1. The van der Waals surface area contributed by atoms with E-state index < -0.39 is 27.7 Å². The first-order valence-corrected chi connectivity index (χ1v) is 13.7. The molecule has 0 atom stereocenters. The van der Waals surface area contributed by atoms with Gasteiger partial charge in [0.2, 0.25) is 0 Å². The lowest BCUT2D eigenvalue weighted by molar-refractivity contribution is -0.138. The Labute approximate surface area is 218 Å². The Bertz CT molecular complexity index is 1410. The van der Waals surface area contributed by atoms with E-state index in [9.17, 15) is 26.4 Å². The highest BCUT2D eigenvalue weighted by Gasteiger charge is 2.35. The van der Waals surface area contributed by atoms with Crippen molar-refractivity contribution in [1.29, 1.82) is 0 Å². The molecule has 0 radical (unpaired) electrons. The van der Waals surface area contributed by atoms with Crippen LogP contribution in [0.25, 0.3) is 11.3 Å². The van der Waals surface area contributed by atoms with Gasteiger partial charge in [-0.15, -0.1) is 0 Å². The van der Waals surface area contributed by atoms with Gasteiger partial charge in [0.1, 0.15) is 11.6 Å². The summed E-state index contributed by atoms with van der Waals surface area (Å²) in [5, 5.41) is 8.79. The number of aliphatic carboxylic acids is 1. The average molecular weight is 549 g/mol. The van der Waals surface area contributed by atoms with Gasteiger partial charge in [-0.05, 0) is 49.1 Å². The van der Waals surface area contributed by atoms with Crippen LogP contribution < -0.4 is 9.62 Å². The topological polar surface area (TPSA) is 112 Å². The Balaban J connectivity index is 1.80. The van der Waals surface area contributed by atoms with Gasteiger partial charge in [0.05, 0.1) is 17.7 Å². The number of benzene rings is 1. The van der Waals surface area contributed by atoms with Gasteiger partial charge in [-0.1, -0.05) is 43.2 Å². The van der Waals surface area contributed by atoms with Crippen LogP contribution in [0.5, 0.6) is 0 Å². The van der Waals surface area contributed by atoms with Gasteiger partial charge in [-0.3, -0.25) is 9.52 Å². The molecule has 38 heavy (non-hydrogen) atoms. The first-order chi connectivity index (χ1) is 18.0. The van der Waals surface area contributed by atoms with Crippen LogP contribution in [0.15, 0.2) is 59.6 Å². The largest absolute Gasteiger partial charge is 0.481 e. The van der Waals surface area contributed by atoms with Crippen molar-refractivity contribution >= 4 is 27.6 Å². The Morgan fingerprint density at radius 2 is 1.74 bits per heavy atom. The normalized spacial score (nSPS) is 16.1. The molecule has 0 saturated heterocycles. The number of nitrogens with one attached hydrogen (secondary N) is 1. The van der Waals surface area contributed by atoms with Crippen LogP contribution in [0.2, 0.25) is 0 Å². The molecule has 0 aliphatic carbocycles. The minimum atomic E-state index is -4.69. The third kappa shape index (κ3) is 6.60. The minimum absolute atomic E-state index is 0.147. The fourth-order valence-corrected chi connectivity index (χ4v) is 5.35. The van der Waals surface area contributed by atoms with Crippen LogP contribution >= 0.6 is 0 Å². The number of nitrogens with zero attached hydrogens (tertiary/aromatic N) is 3. The molecule has 0 amide bonds.